The minimum Gasteiger partial charge on any atom is -0.495 e. The number of carboxylic acids is 1. The van der Waals surface area contributed by atoms with Crippen molar-refractivity contribution in [2.24, 2.45) is 0 Å². The monoisotopic (exact) mass is 334 g/mol. The number of anilines is 1. The molecule has 0 radical (unpaired) electrons. The van der Waals surface area contributed by atoms with Crippen LogP contribution >= 0.6 is 12.2 Å². The van der Waals surface area contributed by atoms with E-state index in [0.717, 1.165) is 0 Å². The molecule has 0 fully saturated rings. The van der Waals surface area contributed by atoms with E-state index >= 15 is 0 Å². The van der Waals surface area contributed by atoms with Gasteiger partial charge in [-0.05, 0) is 42.5 Å². The number of methoxy groups -OCH3 is 1. The number of carboxylic acid groups (broad SMARTS) is 1. The molecule has 23 heavy (non-hydrogen) atoms. The van der Waals surface area contributed by atoms with Crippen LogP contribution in [0, 0.1) is 0 Å². The normalized spacial score (nSPS) is 10.0. The molecule has 1 heterocycles. The van der Waals surface area contributed by atoms with Gasteiger partial charge in [-0.1, -0.05) is 0 Å². The van der Waals surface area contributed by atoms with Gasteiger partial charge >= 0.3 is 5.97 Å². The highest BCUT2D eigenvalue weighted by atomic mass is 32.1. The Bertz CT molecular complexity index is 769. The number of aromatic carboxylic acids is 1. The fourth-order valence-corrected chi connectivity index (χ4v) is 2.13. The third kappa shape index (κ3) is 4.07. The molecule has 0 bridgehead atoms. The number of rotatable bonds is 4. The lowest BCUT2D eigenvalue weighted by Crippen LogP contribution is -2.32. The number of amides is 1. The number of furan rings is 1. The van der Waals surface area contributed by atoms with Gasteiger partial charge < -0.3 is 24.9 Å². The van der Waals surface area contributed by atoms with E-state index < -0.39 is 5.97 Å². The lowest BCUT2D eigenvalue weighted by Gasteiger charge is -2.13. The summed E-state index contributed by atoms with van der Waals surface area (Å²) in [4.78, 5) is 21.9. The Morgan fingerprint density at radius 2 is 2.00 bits per heavy atom. The highest BCUT2D eigenvalue weighted by molar-refractivity contribution is 7.80. The van der Waals surface area contributed by atoms with E-state index in [1.807, 2.05) is 0 Å². The summed E-state index contributed by atoms with van der Waals surface area (Å²) in [6, 6.07) is 8.00. The van der Waals surface area contributed by atoms with Crippen LogP contribution in [0.4, 0.5) is 5.69 Å². The Balaban J connectivity index is 2.32. The number of nitrogens with one attached hydrogen (secondary N) is 2. The van der Waals surface area contributed by atoms with Crippen LogP contribution in [0.25, 0.3) is 11.3 Å². The van der Waals surface area contributed by atoms with E-state index in [9.17, 15) is 9.59 Å². The van der Waals surface area contributed by atoms with Crippen LogP contribution in [0.5, 0.6) is 5.75 Å². The van der Waals surface area contributed by atoms with Crippen molar-refractivity contribution in [1.82, 2.24) is 5.32 Å². The maximum absolute atomic E-state index is 11.0. The lowest BCUT2D eigenvalue weighted by atomic mass is 10.1. The van der Waals surface area contributed by atoms with Gasteiger partial charge in [0.2, 0.25) is 11.7 Å². The van der Waals surface area contributed by atoms with E-state index in [-0.39, 0.29) is 16.8 Å². The predicted octanol–water partition coefficient (Wildman–Crippen LogP) is 2.49. The average molecular weight is 334 g/mol. The van der Waals surface area contributed by atoms with Crippen LogP contribution in [0.15, 0.2) is 34.7 Å². The standard InChI is InChI=1S/C15H14N2O5S/c1-8(18)16-15(23)17-10-7-9(3-4-12(10)21-2)11-5-6-13(22-11)14(19)20/h3-7H,1-2H3,(H,19,20)(H2,16,17,18,23). The van der Waals surface area contributed by atoms with E-state index in [2.05, 4.69) is 10.6 Å². The molecule has 0 spiro atoms. The number of thiocarbonyl (C=S) groups is 1. The van der Waals surface area contributed by atoms with Gasteiger partial charge in [0.05, 0.1) is 12.8 Å². The second-order valence-electron chi connectivity index (χ2n) is 4.52. The van der Waals surface area contributed by atoms with E-state index in [1.54, 1.807) is 24.3 Å². The first-order valence-electron chi connectivity index (χ1n) is 6.51. The summed E-state index contributed by atoms with van der Waals surface area (Å²) in [6.45, 7) is 1.35. The highest BCUT2D eigenvalue weighted by Gasteiger charge is 2.13. The van der Waals surface area contributed by atoms with Crippen molar-refractivity contribution in [3.63, 3.8) is 0 Å². The SMILES string of the molecule is COc1ccc(-c2ccc(C(=O)O)o2)cc1NC(=S)NC(C)=O. The molecule has 0 unspecified atom stereocenters. The zero-order valence-electron chi connectivity index (χ0n) is 12.4. The van der Waals surface area contributed by atoms with Gasteiger partial charge in [0, 0.05) is 12.5 Å². The summed E-state index contributed by atoms with van der Waals surface area (Å²) >= 11 is 5.02. The molecule has 0 aliphatic heterocycles. The third-order valence-electron chi connectivity index (χ3n) is 2.84. The Morgan fingerprint density at radius 3 is 2.57 bits per heavy atom. The summed E-state index contributed by atoms with van der Waals surface area (Å²) in [5.74, 6) is -0.700. The molecule has 0 saturated carbocycles. The maximum atomic E-state index is 11.0. The van der Waals surface area contributed by atoms with Crippen molar-refractivity contribution >= 4 is 34.9 Å². The first-order valence-corrected chi connectivity index (χ1v) is 6.91. The number of carbonyl (C=O) groups is 2. The zero-order chi connectivity index (χ0) is 17.0. The summed E-state index contributed by atoms with van der Waals surface area (Å²) in [5, 5.41) is 14.3. The molecule has 0 saturated heterocycles. The quantitative estimate of drug-likeness (QED) is 0.738. The molecule has 0 aliphatic rings. The van der Waals surface area contributed by atoms with Gasteiger partial charge in [-0.2, -0.15) is 0 Å². The number of carbonyl (C=O) groups excluding carboxylic acids is 1. The summed E-state index contributed by atoms with van der Waals surface area (Å²) in [6.07, 6.45) is 0. The molecule has 7 nitrogen and oxygen atoms in total. The molecular formula is C15H14N2O5S. The molecule has 2 rings (SSSR count). The molecule has 0 atom stereocenters. The van der Waals surface area contributed by atoms with Gasteiger partial charge in [-0.25, -0.2) is 4.79 Å². The first-order chi connectivity index (χ1) is 10.9. The average Bonchev–Trinajstić information content (AvgIpc) is 2.96. The topological polar surface area (TPSA) is 101 Å². The fourth-order valence-electron chi connectivity index (χ4n) is 1.88. The van der Waals surface area contributed by atoms with Gasteiger partial charge in [0.15, 0.2) is 5.11 Å². The maximum Gasteiger partial charge on any atom is 0.371 e. The molecule has 1 aromatic heterocycles. The Hall–Kier alpha value is -2.87. The van der Waals surface area contributed by atoms with Crippen molar-refractivity contribution < 1.29 is 23.8 Å². The van der Waals surface area contributed by atoms with Crippen LogP contribution in [-0.4, -0.2) is 29.2 Å². The smallest absolute Gasteiger partial charge is 0.371 e. The van der Waals surface area contributed by atoms with Crippen LogP contribution in [0.2, 0.25) is 0 Å². The fraction of sp³-hybridized carbons (Fsp3) is 0.133. The first kappa shape index (κ1) is 16.5. The van der Waals surface area contributed by atoms with Crippen LogP contribution in [0.3, 0.4) is 0 Å². The second-order valence-corrected chi connectivity index (χ2v) is 4.93. The van der Waals surface area contributed by atoms with Crippen molar-refractivity contribution in [3.05, 3.63) is 36.1 Å². The lowest BCUT2D eigenvalue weighted by molar-refractivity contribution is -0.117. The molecule has 3 N–H and O–H groups in total. The van der Waals surface area contributed by atoms with Crippen molar-refractivity contribution in [2.45, 2.75) is 6.92 Å². The molecule has 2 aromatic rings. The van der Waals surface area contributed by atoms with Crippen molar-refractivity contribution in [2.75, 3.05) is 12.4 Å². The van der Waals surface area contributed by atoms with E-state index in [1.165, 1.54) is 20.1 Å². The largest absolute Gasteiger partial charge is 0.495 e. The molecule has 120 valence electrons. The number of hydrogen-bond donors (Lipinski definition) is 3. The van der Waals surface area contributed by atoms with Crippen molar-refractivity contribution in [3.8, 4) is 17.1 Å². The highest BCUT2D eigenvalue weighted by Crippen LogP contribution is 2.31. The van der Waals surface area contributed by atoms with Gasteiger partial charge in [-0.15, -0.1) is 0 Å². The summed E-state index contributed by atoms with van der Waals surface area (Å²) in [7, 11) is 1.50. The third-order valence-corrected chi connectivity index (χ3v) is 3.04. The van der Waals surface area contributed by atoms with Crippen LogP contribution in [0.1, 0.15) is 17.5 Å². The Labute approximate surface area is 137 Å². The number of ether oxygens (including phenoxy) is 1. The zero-order valence-corrected chi connectivity index (χ0v) is 13.2. The molecular weight excluding hydrogens is 320 g/mol. The van der Waals surface area contributed by atoms with E-state index in [4.69, 9.17) is 26.5 Å². The Morgan fingerprint density at radius 1 is 1.26 bits per heavy atom. The van der Waals surface area contributed by atoms with Gasteiger partial charge in [0.25, 0.3) is 0 Å². The predicted molar refractivity (Wildman–Crippen MR) is 87.7 cm³/mol. The van der Waals surface area contributed by atoms with Gasteiger partial charge in [0.1, 0.15) is 11.5 Å². The van der Waals surface area contributed by atoms with Gasteiger partial charge in [-0.3, -0.25) is 4.79 Å². The molecule has 1 amide bonds. The molecule has 0 aliphatic carbocycles. The second kappa shape index (κ2) is 6.93. The molecule has 1 aromatic carbocycles. The Kier molecular flexibility index (Phi) is 4.97. The summed E-state index contributed by atoms with van der Waals surface area (Å²) < 4.78 is 10.5. The summed E-state index contributed by atoms with van der Waals surface area (Å²) in [5.41, 5.74) is 1.14. The van der Waals surface area contributed by atoms with Crippen LogP contribution in [-0.2, 0) is 4.79 Å². The van der Waals surface area contributed by atoms with Crippen molar-refractivity contribution in [1.29, 1.82) is 0 Å². The number of hydrogen-bond acceptors (Lipinski definition) is 5. The van der Waals surface area contributed by atoms with Crippen LogP contribution < -0.4 is 15.4 Å². The number of benzene rings is 1. The van der Waals surface area contributed by atoms with E-state index in [0.29, 0.717) is 22.8 Å². The minimum absolute atomic E-state index is 0.124. The molecule has 8 heteroatoms. The minimum atomic E-state index is -1.14.